The van der Waals surface area contributed by atoms with Crippen molar-refractivity contribution in [1.82, 2.24) is 4.90 Å². The lowest BCUT2D eigenvalue weighted by Gasteiger charge is -2.17. The van der Waals surface area contributed by atoms with Crippen LogP contribution in [0.5, 0.6) is 0 Å². The van der Waals surface area contributed by atoms with Gasteiger partial charge in [-0.3, -0.25) is 0 Å². The van der Waals surface area contributed by atoms with Gasteiger partial charge in [0.05, 0.1) is 12.7 Å². The average molecular weight is 262 g/mol. The van der Waals surface area contributed by atoms with Crippen molar-refractivity contribution in [2.24, 2.45) is 0 Å². The topological polar surface area (TPSA) is 58.6 Å². The van der Waals surface area contributed by atoms with Crippen LogP contribution >= 0.6 is 0 Å². The highest BCUT2D eigenvalue weighted by Crippen LogP contribution is 2.11. The van der Waals surface area contributed by atoms with Gasteiger partial charge in [0.25, 0.3) is 0 Å². The fourth-order valence-corrected chi connectivity index (χ4v) is 1.50. The molecule has 0 aromatic heterocycles. The third kappa shape index (κ3) is 4.46. The van der Waals surface area contributed by atoms with E-state index < -0.39 is 5.97 Å². The van der Waals surface area contributed by atoms with E-state index in [0.717, 1.165) is 5.57 Å². The summed E-state index contributed by atoms with van der Waals surface area (Å²) in [6.07, 6.45) is 0. The largest absolute Gasteiger partial charge is 0.465 e. The first kappa shape index (κ1) is 14.8. The number of rotatable bonds is 4. The van der Waals surface area contributed by atoms with Crippen molar-refractivity contribution in [3.8, 4) is 0 Å². The van der Waals surface area contributed by atoms with Gasteiger partial charge in [-0.2, -0.15) is 0 Å². The molecule has 0 radical (unpaired) electrons. The number of carbonyl (C=O) groups is 2. The molecule has 0 fully saturated rings. The summed E-state index contributed by atoms with van der Waals surface area (Å²) in [6, 6.07) is 6.27. The molecular weight excluding hydrogens is 244 g/mol. The Labute approximate surface area is 112 Å². The molecule has 0 spiro atoms. The Kier molecular flexibility index (Phi) is 5.11. The first-order valence-corrected chi connectivity index (χ1v) is 5.79. The number of anilines is 1. The molecule has 0 aliphatic heterocycles. The second-order valence-electron chi connectivity index (χ2n) is 4.31. The minimum atomic E-state index is -0.405. The zero-order chi connectivity index (χ0) is 14.4. The normalized spacial score (nSPS) is 9.63. The summed E-state index contributed by atoms with van der Waals surface area (Å²) in [5.74, 6) is -0.405. The number of esters is 1. The van der Waals surface area contributed by atoms with Crippen molar-refractivity contribution in [3.05, 3.63) is 42.0 Å². The van der Waals surface area contributed by atoms with Crippen LogP contribution in [0, 0.1) is 0 Å². The fourth-order valence-electron chi connectivity index (χ4n) is 1.50. The van der Waals surface area contributed by atoms with Crippen LogP contribution < -0.4 is 5.32 Å². The standard InChI is InChI=1S/C14H18N2O3/c1-10(2)9-16(3)14(18)15-12-7-5-11(6-8-12)13(17)19-4/h5-8H,1,9H2,2-4H3,(H,15,18). The summed E-state index contributed by atoms with van der Waals surface area (Å²) in [5, 5.41) is 2.72. The van der Waals surface area contributed by atoms with Crippen molar-refractivity contribution in [1.29, 1.82) is 0 Å². The van der Waals surface area contributed by atoms with Gasteiger partial charge >= 0.3 is 12.0 Å². The molecular formula is C14H18N2O3. The Hall–Kier alpha value is -2.30. The van der Waals surface area contributed by atoms with E-state index in [1.165, 1.54) is 12.0 Å². The molecule has 2 amide bonds. The first-order valence-electron chi connectivity index (χ1n) is 5.79. The number of amides is 2. The molecule has 0 aliphatic carbocycles. The molecule has 0 heterocycles. The highest BCUT2D eigenvalue weighted by molar-refractivity contribution is 5.92. The maximum atomic E-state index is 11.8. The monoisotopic (exact) mass is 262 g/mol. The van der Waals surface area contributed by atoms with Gasteiger partial charge in [0, 0.05) is 19.3 Å². The van der Waals surface area contributed by atoms with Gasteiger partial charge in [-0.15, -0.1) is 0 Å². The maximum absolute atomic E-state index is 11.8. The smallest absolute Gasteiger partial charge is 0.337 e. The van der Waals surface area contributed by atoms with Crippen LogP contribution in [0.3, 0.4) is 0 Å². The number of likely N-dealkylation sites (N-methyl/N-ethyl adjacent to an activating group) is 1. The molecule has 0 saturated carbocycles. The zero-order valence-corrected chi connectivity index (χ0v) is 11.4. The minimum absolute atomic E-state index is 0.228. The van der Waals surface area contributed by atoms with E-state index in [0.29, 0.717) is 17.8 Å². The van der Waals surface area contributed by atoms with Crippen LogP contribution in [0.25, 0.3) is 0 Å². The Morgan fingerprint density at radius 1 is 1.32 bits per heavy atom. The number of ether oxygens (including phenoxy) is 1. The number of hydrogen-bond donors (Lipinski definition) is 1. The Morgan fingerprint density at radius 2 is 1.89 bits per heavy atom. The summed E-state index contributed by atoms with van der Waals surface area (Å²) in [4.78, 5) is 24.6. The van der Waals surface area contributed by atoms with Gasteiger partial charge in [-0.25, -0.2) is 9.59 Å². The van der Waals surface area contributed by atoms with Gasteiger partial charge in [0.2, 0.25) is 0 Å². The van der Waals surface area contributed by atoms with Crippen LogP contribution in [0.15, 0.2) is 36.4 Å². The highest BCUT2D eigenvalue weighted by Gasteiger charge is 2.09. The molecule has 0 atom stereocenters. The van der Waals surface area contributed by atoms with E-state index in [1.54, 1.807) is 31.3 Å². The zero-order valence-electron chi connectivity index (χ0n) is 11.4. The lowest BCUT2D eigenvalue weighted by Crippen LogP contribution is -2.32. The van der Waals surface area contributed by atoms with E-state index >= 15 is 0 Å². The fraction of sp³-hybridized carbons (Fsp3) is 0.286. The highest BCUT2D eigenvalue weighted by atomic mass is 16.5. The molecule has 0 unspecified atom stereocenters. The van der Waals surface area contributed by atoms with Gasteiger partial charge in [0.1, 0.15) is 0 Å². The second kappa shape index (κ2) is 6.58. The first-order chi connectivity index (χ1) is 8.93. The number of hydrogen-bond acceptors (Lipinski definition) is 3. The number of methoxy groups -OCH3 is 1. The third-order valence-electron chi connectivity index (χ3n) is 2.41. The predicted octanol–water partition coefficient (Wildman–Crippen LogP) is 2.51. The van der Waals surface area contributed by atoms with Gasteiger partial charge in [-0.1, -0.05) is 12.2 Å². The number of urea groups is 1. The average Bonchev–Trinajstić information content (AvgIpc) is 2.37. The number of nitrogens with zero attached hydrogens (tertiary/aromatic N) is 1. The molecule has 5 heteroatoms. The third-order valence-corrected chi connectivity index (χ3v) is 2.41. The molecule has 1 aromatic rings. The van der Waals surface area contributed by atoms with E-state index in [2.05, 4.69) is 16.6 Å². The lowest BCUT2D eigenvalue weighted by molar-refractivity contribution is 0.0601. The Balaban J connectivity index is 2.65. The van der Waals surface area contributed by atoms with Crippen LogP contribution in [-0.4, -0.2) is 37.6 Å². The Morgan fingerprint density at radius 3 is 2.37 bits per heavy atom. The maximum Gasteiger partial charge on any atom is 0.337 e. The SMILES string of the molecule is C=C(C)CN(C)C(=O)Nc1ccc(C(=O)OC)cc1. The van der Waals surface area contributed by atoms with Crippen LogP contribution in [-0.2, 0) is 4.74 Å². The molecule has 0 aliphatic rings. The summed E-state index contributed by atoms with van der Waals surface area (Å²) in [6.45, 7) is 6.10. The molecule has 102 valence electrons. The quantitative estimate of drug-likeness (QED) is 0.670. The molecule has 5 nitrogen and oxygen atoms in total. The lowest BCUT2D eigenvalue weighted by atomic mass is 10.2. The number of nitrogens with one attached hydrogen (secondary N) is 1. The van der Waals surface area contributed by atoms with Crippen LogP contribution in [0.4, 0.5) is 10.5 Å². The van der Waals surface area contributed by atoms with Crippen molar-refractivity contribution in [2.45, 2.75) is 6.92 Å². The van der Waals surface area contributed by atoms with E-state index in [1.807, 2.05) is 6.92 Å². The van der Waals surface area contributed by atoms with Crippen molar-refractivity contribution in [2.75, 3.05) is 26.0 Å². The van der Waals surface area contributed by atoms with Gasteiger partial charge < -0.3 is 15.0 Å². The van der Waals surface area contributed by atoms with Crippen molar-refractivity contribution >= 4 is 17.7 Å². The Bertz CT molecular complexity index is 480. The van der Waals surface area contributed by atoms with Crippen molar-refractivity contribution < 1.29 is 14.3 Å². The molecule has 0 bridgehead atoms. The van der Waals surface area contributed by atoms with Gasteiger partial charge in [-0.05, 0) is 31.2 Å². The van der Waals surface area contributed by atoms with Crippen molar-refractivity contribution in [3.63, 3.8) is 0 Å². The summed E-state index contributed by atoms with van der Waals surface area (Å²) in [5.41, 5.74) is 1.96. The molecule has 1 aromatic carbocycles. The molecule has 19 heavy (non-hydrogen) atoms. The second-order valence-corrected chi connectivity index (χ2v) is 4.31. The summed E-state index contributed by atoms with van der Waals surface area (Å²) >= 11 is 0. The van der Waals surface area contributed by atoms with E-state index in [9.17, 15) is 9.59 Å². The number of benzene rings is 1. The summed E-state index contributed by atoms with van der Waals surface area (Å²) < 4.78 is 4.59. The molecule has 0 saturated heterocycles. The summed E-state index contributed by atoms with van der Waals surface area (Å²) in [7, 11) is 3.01. The van der Waals surface area contributed by atoms with Gasteiger partial charge in [0.15, 0.2) is 0 Å². The number of carbonyl (C=O) groups excluding carboxylic acids is 2. The molecule has 1 rings (SSSR count). The van der Waals surface area contributed by atoms with E-state index in [4.69, 9.17) is 0 Å². The van der Waals surface area contributed by atoms with Crippen LogP contribution in [0.2, 0.25) is 0 Å². The minimum Gasteiger partial charge on any atom is -0.465 e. The van der Waals surface area contributed by atoms with Crippen LogP contribution in [0.1, 0.15) is 17.3 Å². The van der Waals surface area contributed by atoms with E-state index in [-0.39, 0.29) is 6.03 Å². The predicted molar refractivity (Wildman–Crippen MR) is 74.2 cm³/mol. The molecule has 1 N–H and O–H groups in total.